The maximum Gasteiger partial charge on any atom is 0.153 e. The summed E-state index contributed by atoms with van der Waals surface area (Å²) in [4.78, 5) is 7.14. The molecule has 3 nitrogen and oxygen atoms in total. The van der Waals surface area contributed by atoms with Crippen LogP contribution in [0.25, 0.3) is 22.4 Å². The van der Waals surface area contributed by atoms with E-state index in [1.807, 2.05) is 24.3 Å². The number of nitrogens with two attached hydrogens (primary N) is 1. The quantitative estimate of drug-likeness (QED) is 0.770. The van der Waals surface area contributed by atoms with E-state index in [2.05, 4.69) is 9.97 Å². The number of nitrogens with one attached hydrogen (secondary N) is 1. The second-order valence-electron chi connectivity index (χ2n) is 4.61. The Kier molecular flexibility index (Phi) is 3.20. The van der Waals surface area contributed by atoms with Crippen molar-refractivity contribution >= 4 is 11.0 Å². The van der Waals surface area contributed by atoms with Gasteiger partial charge in [0.05, 0.1) is 5.52 Å². The molecular formula is C15H13F2N3. The number of hydrogen-bond donors (Lipinski definition) is 2. The van der Waals surface area contributed by atoms with Crippen molar-refractivity contribution in [2.24, 2.45) is 5.73 Å². The van der Waals surface area contributed by atoms with E-state index in [9.17, 15) is 8.78 Å². The molecule has 0 radical (unpaired) electrons. The van der Waals surface area contributed by atoms with Gasteiger partial charge in [0.1, 0.15) is 17.2 Å². The van der Waals surface area contributed by atoms with Crippen LogP contribution in [-0.4, -0.2) is 16.5 Å². The number of halogens is 2. The van der Waals surface area contributed by atoms with Crippen molar-refractivity contribution in [3.05, 3.63) is 53.6 Å². The second kappa shape index (κ2) is 5.02. The Morgan fingerprint density at radius 2 is 2.00 bits per heavy atom. The van der Waals surface area contributed by atoms with Crippen LogP contribution in [0.15, 0.2) is 36.4 Å². The van der Waals surface area contributed by atoms with Crippen LogP contribution in [0, 0.1) is 11.6 Å². The lowest BCUT2D eigenvalue weighted by atomic mass is 10.1. The van der Waals surface area contributed by atoms with Crippen molar-refractivity contribution in [3.8, 4) is 11.4 Å². The van der Waals surface area contributed by atoms with Crippen LogP contribution in [0.4, 0.5) is 8.78 Å². The SMILES string of the molecule is NCCc1cccc(-c2nc3c(F)cc(F)cc3[nH]2)c1. The maximum atomic E-state index is 13.6. The summed E-state index contributed by atoms with van der Waals surface area (Å²) in [5.74, 6) is -0.772. The molecule has 5 heteroatoms. The molecule has 0 unspecified atom stereocenters. The maximum absolute atomic E-state index is 13.6. The largest absolute Gasteiger partial charge is 0.338 e. The van der Waals surface area contributed by atoms with Crippen molar-refractivity contribution in [2.75, 3.05) is 6.54 Å². The molecular weight excluding hydrogens is 260 g/mol. The zero-order chi connectivity index (χ0) is 14.1. The topological polar surface area (TPSA) is 54.7 Å². The van der Waals surface area contributed by atoms with Gasteiger partial charge in [-0.2, -0.15) is 0 Å². The molecule has 0 spiro atoms. The number of benzene rings is 2. The number of imidazole rings is 1. The zero-order valence-corrected chi connectivity index (χ0v) is 10.7. The normalized spacial score (nSPS) is 11.2. The summed E-state index contributed by atoms with van der Waals surface area (Å²) in [5.41, 5.74) is 7.93. The van der Waals surface area contributed by atoms with E-state index < -0.39 is 11.6 Å². The second-order valence-corrected chi connectivity index (χ2v) is 4.61. The fourth-order valence-electron chi connectivity index (χ4n) is 2.22. The van der Waals surface area contributed by atoms with Crippen LogP contribution in [0.5, 0.6) is 0 Å². The third-order valence-corrected chi connectivity index (χ3v) is 3.14. The Bertz CT molecular complexity index is 765. The van der Waals surface area contributed by atoms with Gasteiger partial charge in [0, 0.05) is 11.6 Å². The fourth-order valence-corrected chi connectivity index (χ4v) is 2.22. The summed E-state index contributed by atoms with van der Waals surface area (Å²) in [6, 6.07) is 9.74. The van der Waals surface area contributed by atoms with Crippen LogP contribution in [0.3, 0.4) is 0 Å². The van der Waals surface area contributed by atoms with Gasteiger partial charge in [0.25, 0.3) is 0 Å². The molecule has 0 aliphatic heterocycles. The number of rotatable bonds is 3. The average molecular weight is 273 g/mol. The molecule has 3 aromatic rings. The van der Waals surface area contributed by atoms with E-state index in [0.717, 1.165) is 23.6 Å². The highest BCUT2D eigenvalue weighted by molar-refractivity contribution is 5.80. The van der Waals surface area contributed by atoms with E-state index in [4.69, 9.17) is 5.73 Å². The minimum Gasteiger partial charge on any atom is -0.338 e. The van der Waals surface area contributed by atoms with Gasteiger partial charge in [0.15, 0.2) is 5.82 Å². The predicted molar refractivity (Wildman–Crippen MR) is 74.2 cm³/mol. The van der Waals surface area contributed by atoms with Gasteiger partial charge < -0.3 is 10.7 Å². The zero-order valence-electron chi connectivity index (χ0n) is 10.7. The summed E-state index contributed by atoms with van der Waals surface area (Å²) in [7, 11) is 0. The smallest absolute Gasteiger partial charge is 0.153 e. The summed E-state index contributed by atoms with van der Waals surface area (Å²) in [6.07, 6.45) is 0.761. The minimum atomic E-state index is -0.666. The van der Waals surface area contributed by atoms with Gasteiger partial charge in [-0.15, -0.1) is 0 Å². The minimum absolute atomic E-state index is 0.144. The van der Waals surface area contributed by atoms with Gasteiger partial charge in [-0.3, -0.25) is 0 Å². The highest BCUT2D eigenvalue weighted by Gasteiger charge is 2.11. The van der Waals surface area contributed by atoms with E-state index in [1.165, 1.54) is 6.07 Å². The van der Waals surface area contributed by atoms with Crippen molar-refractivity contribution in [2.45, 2.75) is 6.42 Å². The number of fused-ring (bicyclic) bond motifs is 1. The molecule has 0 atom stereocenters. The van der Waals surface area contributed by atoms with Crippen LogP contribution in [0.1, 0.15) is 5.56 Å². The Morgan fingerprint density at radius 1 is 1.15 bits per heavy atom. The molecule has 0 fully saturated rings. The Morgan fingerprint density at radius 3 is 2.80 bits per heavy atom. The van der Waals surface area contributed by atoms with Gasteiger partial charge in [-0.1, -0.05) is 18.2 Å². The van der Waals surface area contributed by atoms with Crippen molar-refractivity contribution in [1.82, 2.24) is 9.97 Å². The third kappa shape index (κ3) is 2.28. The first kappa shape index (κ1) is 12.7. The molecule has 0 saturated carbocycles. The van der Waals surface area contributed by atoms with Crippen LogP contribution < -0.4 is 5.73 Å². The van der Waals surface area contributed by atoms with Gasteiger partial charge in [0.2, 0.25) is 0 Å². The Balaban J connectivity index is 2.10. The van der Waals surface area contributed by atoms with Crippen LogP contribution in [0.2, 0.25) is 0 Å². The first-order valence-corrected chi connectivity index (χ1v) is 6.31. The molecule has 0 bridgehead atoms. The van der Waals surface area contributed by atoms with Crippen LogP contribution in [-0.2, 0) is 6.42 Å². The monoisotopic (exact) mass is 273 g/mol. The lowest BCUT2D eigenvalue weighted by molar-refractivity contribution is 0.591. The molecule has 0 aliphatic carbocycles. The molecule has 0 saturated heterocycles. The molecule has 0 aliphatic rings. The number of nitrogens with zero attached hydrogens (tertiary/aromatic N) is 1. The van der Waals surface area contributed by atoms with Gasteiger partial charge in [-0.25, -0.2) is 13.8 Å². The molecule has 2 aromatic carbocycles. The van der Waals surface area contributed by atoms with E-state index in [0.29, 0.717) is 17.9 Å². The summed E-state index contributed by atoms with van der Waals surface area (Å²) >= 11 is 0. The number of aromatic amines is 1. The Labute approximate surface area is 114 Å². The summed E-state index contributed by atoms with van der Waals surface area (Å²) in [6.45, 7) is 0.559. The molecule has 0 amide bonds. The third-order valence-electron chi connectivity index (χ3n) is 3.14. The number of aromatic nitrogens is 2. The lowest BCUT2D eigenvalue weighted by Crippen LogP contribution is -2.02. The lowest BCUT2D eigenvalue weighted by Gasteiger charge is -2.01. The number of H-pyrrole nitrogens is 1. The Hall–Kier alpha value is -2.27. The predicted octanol–water partition coefficient (Wildman–Crippen LogP) is 3.01. The van der Waals surface area contributed by atoms with E-state index >= 15 is 0 Å². The standard InChI is InChI=1S/C15H13F2N3/c16-11-7-12(17)14-13(8-11)19-15(20-14)10-3-1-2-9(6-10)4-5-18/h1-3,6-8H,4-5,18H2,(H,19,20). The highest BCUT2D eigenvalue weighted by atomic mass is 19.1. The first-order valence-electron chi connectivity index (χ1n) is 6.31. The molecule has 3 rings (SSSR count). The molecule has 20 heavy (non-hydrogen) atoms. The van der Waals surface area contributed by atoms with Crippen molar-refractivity contribution in [1.29, 1.82) is 0 Å². The number of hydrogen-bond acceptors (Lipinski definition) is 2. The van der Waals surface area contributed by atoms with E-state index in [1.54, 1.807) is 0 Å². The first-order chi connectivity index (χ1) is 9.67. The molecule has 3 N–H and O–H groups in total. The van der Waals surface area contributed by atoms with Crippen molar-refractivity contribution in [3.63, 3.8) is 0 Å². The molecule has 1 heterocycles. The fraction of sp³-hybridized carbons (Fsp3) is 0.133. The summed E-state index contributed by atoms with van der Waals surface area (Å²) in [5, 5.41) is 0. The van der Waals surface area contributed by atoms with Gasteiger partial charge in [-0.05, 0) is 30.7 Å². The van der Waals surface area contributed by atoms with Crippen LogP contribution >= 0.6 is 0 Å². The van der Waals surface area contributed by atoms with Crippen molar-refractivity contribution < 1.29 is 8.78 Å². The highest BCUT2D eigenvalue weighted by Crippen LogP contribution is 2.24. The molecule has 1 aromatic heterocycles. The average Bonchev–Trinajstić information content (AvgIpc) is 2.83. The van der Waals surface area contributed by atoms with E-state index in [-0.39, 0.29) is 5.52 Å². The molecule has 102 valence electrons. The van der Waals surface area contributed by atoms with Gasteiger partial charge >= 0.3 is 0 Å². The summed E-state index contributed by atoms with van der Waals surface area (Å²) < 4.78 is 26.8.